The molecule has 0 aliphatic carbocycles. The van der Waals surface area contributed by atoms with Crippen LogP contribution in [0.25, 0.3) is 10.9 Å². The van der Waals surface area contributed by atoms with E-state index in [9.17, 15) is 5.11 Å². The Labute approximate surface area is 142 Å². The predicted octanol–water partition coefficient (Wildman–Crippen LogP) is 3.17. The van der Waals surface area contributed by atoms with Crippen molar-refractivity contribution in [3.8, 4) is 5.75 Å². The second kappa shape index (κ2) is 6.19. The first-order chi connectivity index (χ1) is 11.7. The van der Waals surface area contributed by atoms with Crippen molar-refractivity contribution in [3.05, 3.63) is 48.7 Å². The summed E-state index contributed by atoms with van der Waals surface area (Å²) in [6, 6.07) is 7.96. The fraction of sp³-hybridized carbons (Fsp3) is 0.450. The molecule has 126 valence electrons. The van der Waals surface area contributed by atoms with Crippen molar-refractivity contribution < 1.29 is 9.84 Å². The van der Waals surface area contributed by atoms with Crippen molar-refractivity contribution >= 4 is 10.9 Å². The van der Waals surface area contributed by atoms with Crippen molar-refractivity contribution in [3.63, 3.8) is 0 Å². The van der Waals surface area contributed by atoms with E-state index in [-0.39, 0.29) is 6.04 Å². The van der Waals surface area contributed by atoms with Gasteiger partial charge >= 0.3 is 0 Å². The lowest BCUT2D eigenvalue weighted by Gasteiger charge is -2.50. The Morgan fingerprint density at radius 3 is 3.00 bits per heavy atom. The number of piperidine rings is 3. The molecular formula is C20H24N2O2. The van der Waals surface area contributed by atoms with E-state index in [1.54, 1.807) is 13.3 Å². The Morgan fingerprint density at radius 2 is 2.29 bits per heavy atom. The largest absolute Gasteiger partial charge is 0.497 e. The number of pyridine rings is 1. The second-order valence-electron chi connectivity index (χ2n) is 6.97. The van der Waals surface area contributed by atoms with Crippen LogP contribution in [-0.2, 0) is 0 Å². The van der Waals surface area contributed by atoms with E-state index in [0.29, 0.717) is 11.8 Å². The average Bonchev–Trinajstić information content (AvgIpc) is 2.66. The summed E-state index contributed by atoms with van der Waals surface area (Å²) in [6.07, 6.45) is 5.62. The number of aliphatic hydroxyl groups is 1. The Kier molecular flexibility index (Phi) is 4.02. The van der Waals surface area contributed by atoms with Gasteiger partial charge in [-0.2, -0.15) is 0 Å². The fourth-order valence-corrected chi connectivity index (χ4v) is 4.44. The molecule has 4 heterocycles. The SMILES string of the molecule is C=C[C@@H]1CN2CC[C@H]1C[C@@H]2[C@@H](O)c1ccnc2ccc(OC)cc12. The van der Waals surface area contributed by atoms with Crippen LogP contribution in [0.2, 0.25) is 0 Å². The highest BCUT2D eigenvalue weighted by Gasteiger charge is 2.42. The van der Waals surface area contributed by atoms with Gasteiger partial charge in [-0.15, -0.1) is 6.58 Å². The fourth-order valence-electron chi connectivity index (χ4n) is 4.44. The minimum atomic E-state index is -0.504. The number of aliphatic hydroxyl groups excluding tert-OH is 1. The number of hydrogen-bond donors (Lipinski definition) is 1. The highest BCUT2D eigenvalue weighted by molar-refractivity contribution is 5.83. The third-order valence-electron chi connectivity index (χ3n) is 5.82. The molecule has 3 aliphatic rings. The van der Waals surface area contributed by atoms with Gasteiger partial charge in [0.2, 0.25) is 0 Å². The predicted molar refractivity (Wildman–Crippen MR) is 95.0 cm³/mol. The number of hydrogen-bond acceptors (Lipinski definition) is 4. The number of aromatic nitrogens is 1. The van der Waals surface area contributed by atoms with Crippen LogP contribution in [0, 0.1) is 11.8 Å². The highest BCUT2D eigenvalue weighted by atomic mass is 16.5. The Bertz CT molecular complexity index is 760. The monoisotopic (exact) mass is 324 g/mol. The van der Waals surface area contributed by atoms with Crippen molar-refractivity contribution in [2.24, 2.45) is 11.8 Å². The zero-order valence-corrected chi connectivity index (χ0v) is 14.1. The van der Waals surface area contributed by atoms with Crippen LogP contribution in [0.15, 0.2) is 43.1 Å². The average molecular weight is 324 g/mol. The molecule has 3 saturated heterocycles. The second-order valence-corrected chi connectivity index (χ2v) is 6.97. The molecule has 0 amide bonds. The summed E-state index contributed by atoms with van der Waals surface area (Å²) in [5.74, 6) is 2.01. The summed E-state index contributed by atoms with van der Waals surface area (Å²) in [4.78, 5) is 6.86. The zero-order chi connectivity index (χ0) is 16.7. The smallest absolute Gasteiger partial charge is 0.119 e. The number of nitrogens with zero attached hydrogens (tertiary/aromatic N) is 2. The van der Waals surface area contributed by atoms with Crippen LogP contribution >= 0.6 is 0 Å². The summed E-state index contributed by atoms with van der Waals surface area (Å²) in [6.45, 7) is 6.07. The first-order valence-electron chi connectivity index (χ1n) is 8.68. The lowest BCUT2D eigenvalue weighted by Crippen LogP contribution is -2.54. The molecule has 3 aliphatic heterocycles. The quantitative estimate of drug-likeness (QED) is 0.878. The zero-order valence-electron chi connectivity index (χ0n) is 14.1. The van der Waals surface area contributed by atoms with Crippen LogP contribution in [-0.4, -0.2) is 41.2 Å². The molecule has 2 bridgehead atoms. The first kappa shape index (κ1) is 15.6. The van der Waals surface area contributed by atoms with E-state index in [1.807, 2.05) is 24.3 Å². The maximum atomic E-state index is 11.2. The molecule has 1 unspecified atom stereocenters. The molecule has 1 N–H and O–H groups in total. The molecule has 5 atom stereocenters. The van der Waals surface area contributed by atoms with Crippen LogP contribution < -0.4 is 4.74 Å². The van der Waals surface area contributed by atoms with E-state index >= 15 is 0 Å². The number of methoxy groups -OCH3 is 1. The number of fused-ring (bicyclic) bond motifs is 4. The Hall–Kier alpha value is -1.91. The molecule has 4 nitrogen and oxygen atoms in total. The van der Waals surface area contributed by atoms with Gasteiger partial charge in [0.15, 0.2) is 0 Å². The topological polar surface area (TPSA) is 45.6 Å². The van der Waals surface area contributed by atoms with Gasteiger partial charge in [0, 0.05) is 24.2 Å². The molecule has 1 aromatic carbocycles. The van der Waals surface area contributed by atoms with Gasteiger partial charge in [0.05, 0.1) is 18.7 Å². The minimum Gasteiger partial charge on any atom is -0.497 e. The molecule has 4 heteroatoms. The molecule has 24 heavy (non-hydrogen) atoms. The number of benzene rings is 1. The Morgan fingerprint density at radius 1 is 1.42 bits per heavy atom. The first-order valence-corrected chi connectivity index (χ1v) is 8.68. The highest BCUT2D eigenvalue weighted by Crippen LogP contribution is 2.42. The molecule has 0 spiro atoms. The lowest BCUT2D eigenvalue weighted by atomic mass is 9.73. The lowest BCUT2D eigenvalue weighted by molar-refractivity contribution is -0.0444. The standard InChI is InChI=1S/C20H24N2O2/c1-3-13-12-22-9-7-14(13)10-19(22)20(23)16-6-8-21-18-5-4-15(24-2)11-17(16)18/h3-6,8,11,13-14,19-20,23H,1,7,9-10,12H2,2H3/t13-,14+,19-,20+/m1/s1. The van der Waals surface area contributed by atoms with Crippen molar-refractivity contribution in [2.75, 3.05) is 20.2 Å². The van der Waals surface area contributed by atoms with Gasteiger partial charge in [0.25, 0.3) is 0 Å². The van der Waals surface area contributed by atoms with Crippen molar-refractivity contribution in [2.45, 2.75) is 25.0 Å². The third-order valence-corrected chi connectivity index (χ3v) is 5.82. The van der Waals surface area contributed by atoms with E-state index in [4.69, 9.17) is 4.74 Å². The summed E-state index contributed by atoms with van der Waals surface area (Å²) in [7, 11) is 1.66. The maximum absolute atomic E-state index is 11.2. The molecule has 5 rings (SSSR count). The van der Waals surface area contributed by atoms with E-state index in [2.05, 4.69) is 22.5 Å². The van der Waals surface area contributed by atoms with Crippen LogP contribution in [0.1, 0.15) is 24.5 Å². The summed E-state index contributed by atoms with van der Waals surface area (Å²) < 4.78 is 5.35. The normalized spacial score (nSPS) is 30.2. The molecule has 0 radical (unpaired) electrons. The molecule has 2 aromatic rings. The molecule has 1 aromatic heterocycles. The van der Waals surface area contributed by atoms with Crippen LogP contribution in [0.5, 0.6) is 5.75 Å². The molecule has 3 fully saturated rings. The van der Waals surface area contributed by atoms with Crippen molar-refractivity contribution in [1.82, 2.24) is 9.88 Å². The summed E-state index contributed by atoms with van der Waals surface area (Å²) in [5.41, 5.74) is 1.85. The molecule has 0 saturated carbocycles. The van der Waals surface area contributed by atoms with Gasteiger partial charge in [0.1, 0.15) is 5.75 Å². The summed E-state index contributed by atoms with van der Waals surface area (Å²) in [5, 5.41) is 12.1. The van der Waals surface area contributed by atoms with Crippen LogP contribution in [0.3, 0.4) is 0 Å². The van der Waals surface area contributed by atoms with Gasteiger partial charge in [-0.25, -0.2) is 0 Å². The van der Waals surface area contributed by atoms with E-state index < -0.39 is 6.10 Å². The number of rotatable bonds is 4. The number of ether oxygens (including phenoxy) is 1. The molecular weight excluding hydrogens is 300 g/mol. The van der Waals surface area contributed by atoms with Gasteiger partial charge in [-0.3, -0.25) is 9.88 Å². The maximum Gasteiger partial charge on any atom is 0.119 e. The van der Waals surface area contributed by atoms with E-state index in [0.717, 1.165) is 41.7 Å². The van der Waals surface area contributed by atoms with Gasteiger partial charge < -0.3 is 9.84 Å². The minimum absolute atomic E-state index is 0.178. The summed E-state index contributed by atoms with van der Waals surface area (Å²) >= 11 is 0. The third kappa shape index (κ3) is 2.50. The van der Waals surface area contributed by atoms with Crippen LogP contribution in [0.4, 0.5) is 0 Å². The van der Waals surface area contributed by atoms with E-state index in [1.165, 1.54) is 6.42 Å². The van der Waals surface area contributed by atoms with Gasteiger partial charge in [-0.05, 0) is 61.1 Å². The Balaban J connectivity index is 1.69. The van der Waals surface area contributed by atoms with Crippen molar-refractivity contribution in [1.29, 1.82) is 0 Å². The van der Waals surface area contributed by atoms with Gasteiger partial charge in [-0.1, -0.05) is 6.08 Å².